The van der Waals surface area contributed by atoms with Crippen LogP contribution in [0.4, 0.5) is 5.69 Å². The first-order valence-electron chi connectivity index (χ1n) is 5.86. The topological polar surface area (TPSA) is 29.3 Å². The van der Waals surface area contributed by atoms with Crippen molar-refractivity contribution in [3.8, 4) is 0 Å². The Morgan fingerprint density at radius 3 is 2.71 bits per heavy atom. The van der Waals surface area contributed by atoms with Crippen LogP contribution in [0.3, 0.4) is 0 Å². The molecular weight excluding hydrogens is 252 g/mol. The average Bonchev–Trinajstić information content (AvgIpc) is 2.29. The van der Waals surface area contributed by atoms with Crippen molar-refractivity contribution in [1.82, 2.24) is 0 Å². The Hall–Kier alpha value is -0.800. The molecule has 0 saturated carbocycles. The minimum absolute atomic E-state index is 0.393. The summed E-state index contributed by atoms with van der Waals surface area (Å²) in [6.07, 6.45) is 3.63. The fraction of sp³-hybridized carbons (Fsp3) is 0.462. The van der Waals surface area contributed by atoms with Crippen molar-refractivity contribution in [3.05, 3.63) is 28.8 Å². The van der Waals surface area contributed by atoms with E-state index in [1.54, 1.807) is 0 Å². The van der Waals surface area contributed by atoms with E-state index in [9.17, 15) is 0 Å². The molecule has 94 valence electrons. The van der Waals surface area contributed by atoms with Gasteiger partial charge in [0.15, 0.2) is 0 Å². The van der Waals surface area contributed by atoms with Crippen molar-refractivity contribution in [2.24, 2.45) is 5.73 Å². The molecule has 0 aliphatic rings. The van der Waals surface area contributed by atoms with Crippen molar-refractivity contribution < 1.29 is 0 Å². The van der Waals surface area contributed by atoms with Crippen molar-refractivity contribution in [3.63, 3.8) is 0 Å². The van der Waals surface area contributed by atoms with Gasteiger partial charge in [-0.05, 0) is 24.6 Å². The second-order valence-corrected chi connectivity index (χ2v) is 5.03. The Labute approximate surface area is 114 Å². The zero-order chi connectivity index (χ0) is 12.8. The molecular formula is C13H19ClN2S. The Bertz CT molecular complexity index is 393. The van der Waals surface area contributed by atoms with Gasteiger partial charge in [0.25, 0.3) is 0 Å². The lowest BCUT2D eigenvalue weighted by atomic mass is 10.1. The van der Waals surface area contributed by atoms with Gasteiger partial charge >= 0.3 is 0 Å². The van der Waals surface area contributed by atoms with Crippen LogP contribution in [-0.4, -0.2) is 18.6 Å². The molecule has 0 radical (unpaired) electrons. The van der Waals surface area contributed by atoms with E-state index in [-0.39, 0.29) is 0 Å². The Kier molecular flexibility index (Phi) is 5.72. The lowest BCUT2D eigenvalue weighted by molar-refractivity contribution is 0.705. The van der Waals surface area contributed by atoms with Crippen molar-refractivity contribution in [2.45, 2.75) is 26.2 Å². The number of anilines is 1. The standard InChI is InChI=1S/C13H19ClN2S/c1-3-4-5-8-16(2)12-7-6-10(14)9-11(12)13(15)17/h6-7,9H,3-5,8H2,1-2H3,(H2,15,17). The number of benzene rings is 1. The first-order valence-corrected chi connectivity index (χ1v) is 6.65. The predicted octanol–water partition coefficient (Wildman–Crippen LogP) is 3.60. The minimum Gasteiger partial charge on any atom is -0.389 e. The summed E-state index contributed by atoms with van der Waals surface area (Å²) in [6, 6.07) is 5.67. The van der Waals surface area contributed by atoms with Crippen LogP contribution < -0.4 is 10.6 Å². The third-order valence-electron chi connectivity index (χ3n) is 2.73. The van der Waals surface area contributed by atoms with E-state index in [2.05, 4.69) is 18.9 Å². The third-order valence-corrected chi connectivity index (χ3v) is 3.19. The van der Waals surface area contributed by atoms with Gasteiger partial charge in [0, 0.05) is 29.9 Å². The lowest BCUT2D eigenvalue weighted by Gasteiger charge is -2.22. The highest BCUT2D eigenvalue weighted by molar-refractivity contribution is 7.80. The van der Waals surface area contributed by atoms with Crippen LogP contribution >= 0.6 is 23.8 Å². The van der Waals surface area contributed by atoms with Gasteiger partial charge in [0.1, 0.15) is 4.99 Å². The van der Waals surface area contributed by atoms with E-state index >= 15 is 0 Å². The Morgan fingerprint density at radius 1 is 1.41 bits per heavy atom. The minimum atomic E-state index is 0.393. The number of nitrogens with two attached hydrogens (primary N) is 1. The zero-order valence-electron chi connectivity index (χ0n) is 10.4. The van der Waals surface area contributed by atoms with Crippen LogP contribution in [0.5, 0.6) is 0 Å². The van der Waals surface area contributed by atoms with Crippen LogP contribution in [0.1, 0.15) is 31.7 Å². The van der Waals surface area contributed by atoms with E-state index in [1.807, 2.05) is 18.2 Å². The van der Waals surface area contributed by atoms with Gasteiger partial charge in [-0.15, -0.1) is 0 Å². The third kappa shape index (κ3) is 4.17. The summed E-state index contributed by atoms with van der Waals surface area (Å²) in [7, 11) is 2.06. The smallest absolute Gasteiger partial charge is 0.106 e. The first-order chi connectivity index (χ1) is 8.06. The number of rotatable bonds is 6. The molecule has 2 nitrogen and oxygen atoms in total. The molecule has 1 aromatic carbocycles. The molecule has 0 aliphatic heterocycles. The van der Waals surface area contributed by atoms with E-state index in [4.69, 9.17) is 29.6 Å². The summed E-state index contributed by atoms with van der Waals surface area (Å²) in [5, 5.41) is 0.665. The number of thiocarbonyl (C=S) groups is 1. The van der Waals surface area contributed by atoms with Crippen LogP contribution in [-0.2, 0) is 0 Å². The van der Waals surface area contributed by atoms with E-state index in [0.29, 0.717) is 10.0 Å². The normalized spacial score (nSPS) is 10.3. The predicted molar refractivity (Wildman–Crippen MR) is 80.1 cm³/mol. The van der Waals surface area contributed by atoms with Crippen LogP contribution in [0.25, 0.3) is 0 Å². The summed E-state index contributed by atoms with van der Waals surface area (Å²) in [6.45, 7) is 3.20. The van der Waals surface area contributed by atoms with Crippen molar-refractivity contribution >= 4 is 34.5 Å². The van der Waals surface area contributed by atoms with Gasteiger partial charge < -0.3 is 10.6 Å². The van der Waals surface area contributed by atoms with Crippen LogP contribution in [0.2, 0.25) is 5.02 Å². The van der Waals surface area contributed by atoms with Crippen molar-refractivity contribution in [2.75, 3.05) is 18.5 Å². The summed E-state index contributed by atoms with van der Waals surface area (Å²) in [4.78, 5) is 2.57. The summed E-state index contributed by atoms with van der Waals surface area (Å²) >= 11 is 11.0. The lowest BCUT2D eigenvalue weighted by Crippen LogP contribution is -2.22. The van der Waals surface area contributed by atoms with E-state index in [0.717, 1.165) is 17.8 Å². The molecule has 0 heterocycles. The maximum atomic E-state index is 5.96. The van der Waals surface area contributed by atoms with Crippen molar-refractivity contribution in [1.29, 1.82) is 0 Å². The zero-order valence-corrected chi connectivity index (χ0v) is 11.9. The van der Waals surface area contributed by atoms with Gasteiger partial charge in [-0.25, -0.2) is 0 Å². The highest BCUT2D eigenvalue weighted by Gasteiger charge is 2.09. The van der Waals surface area contributed by atoms with Gasteiger partial charge in [-0.2, -0.15) is 0 Å². The molecule has 0 atom stereocenters. The monoisotopic (exact) mass is 270 g/mol. The maximum Gasteiger partial charge on any atom is 0.106 e. The first kappa shape index (κ1) is 14.3. The number of hydrogen-bond donors (Lipinski definition) is 1. The highest BCUT2D eigenvalue weighted by Crippen LogP contribution is 2.23. The second kappa shape index (κ2) is 6.82. The molecule has 2 N–H and O–H groups in total. The molecule has 0 aromatic heterocycles. The Balaban J connectivity index is 2.84. The molecule has 1 rings (SSSR count). The highest BCUT2D eigenvalue weighted by atomic mass is 35.5. The van der Waals surface area contributed by atoms with Gasteiger partial charge in [0.2, 0.25) is 0 Å². The van der Waals surface area contributed by atoms with E-state index in [1.165, 1.54) is 19.3 Å². The van der Waals surface area contributed by atoms with Gasteiger partial charge in [-0.1, -0.05) is 43.6 Å². The fourth-order valence-corrected chi connectivity index (χ4v) is 2.09. The molecule has 1 aromatic rings. The second-order valence-electron chi connectivity index (χ2n) is 4.15. The molecule has 4 heteroatoms. The quantitative estimate of drug-likeness (QED) is 0.633. The number of nitrogens with zero attached hydrogens (tertiary/aromatic N) is 1. The van der Waals surface area contributed by atoms with Crippen LogP contribution in [0.15, 0.2) is 18.2 Å². The molecule has 0 fully saturated rings. The maximum absolute atomic E-state index is 5.96. The molecule has 17 heavy (non-hydrogen) atoms. The molecule has 0 bridgehead atoms. The van der Waals surface area contributed by atoms with Gasteiger partial charge in [0.05, 0.1) is 0 Å². The van der Waals surface area contributed by atoms with Crippen LogP contribution in [0, 0.1) is 0 Å². The number of halogens is 1. The molecule has 0 aliphatic carbocycles. The number of hydrogen-bond acceptors (Lipinski definition) is 2. The Morgan fingerprint density at radius 2 is 2.12 bits per heavy atom. The molecule has 0 amide bonds. The van der Waals surface area contributed by atoms with E-state index < -0.39 is 0 Å². The SMILES string of the molecule is CCCCCN(C)c1ccc(Cl)cc1C(N)=S. The average molecular weight is 271 g/mol. The summed E-state index contributed by atoms with van der Waals surface area (Å²) in [5.41, 5.74) is 7.63. The number of unbranched alkanes of at least 4 members (excludes halogenated alkanes) is 2. The molecule has 0 saturated heterocycles. The molecule has 0 unspecified atom stereocenters. The molecule has 0 spiro atoms. The summed E-state index contributed by atoms with van der Waals surface area (Å²) in [5.74, 6) is 0. The van der Waals surface area contributed by atoms with Gasteiger partial charge in [-0.3, -0.25) is 0 Å². The largest absolute Gasteiger partial charge is 0.389 e. The fourth-order valence-electron chi connectivity index (χ4n) is 1.76. The summed E-state index contributed by atoms with van der Waals surface area (Å²) < 4.78 is 0.